The molecule has 0 radical (unpaired) electrons. The van der Waals surface area contributed by atoms with Gasteiger partial charge in [0.05, 0.1) is 6.07 Å². The molecule has 1 heterocycles. The summed E-state index contributed by atoms with van der Waals surface area (Å²) >= 11 is 0. The molecule has 0 spiro atoms. The maximum Gasteiger partial charge on any atom is 0.131 e. The highest BCUT2D eigenvalue weighted by Crippen LogP contribution is 2.22. The Hall–Kier alpha value is -2.32. The molecule has 1 atom stereocenters. The molecule has 2 aromatic rings. The lowest BCUT2D eigenvalue weighted by Gasteiger charge is -2.23. The van der Waals surface area contributed by atoms with E-state index < -0.39 is 17.7 Å². The van der Waals surface area contributed by atoms with Crippen LogP contribution in [0.1, 0.15) is 17.2 Å². The van der Waals surface area contributed by atoms with Gasteiger partial charge in [0.25, 0.3) is 0 Å². The van der Waals surface area contributed by atoms with Crippen molar-refractivity contribution < 1.29 is 8.78 Å². The first-order valence-electron chi connectivity index (χ1n) is 6.55. The summed E-state index contributed by atoms with van der Waals surface area (Å²) in [6.07, 6.45) is 4.13. The van der Waals surface area contributed by atoms with Gasteiger partial charge in [-0.25, -0.2) is 8.78 Å². The molecule has 21 heavy (non-hydrogen) atoms. The minimum Gasteiger partial charge on any atom is -0.287 e. The molecule has 1 aromatic heterocycles. The Morgan fingerprint density at radius 2 is 1.95 bits per heavy atom. The Balaban J connectivity index is 2.08. The lowest BCUT2D eigenvalue weighted by molar-refractivity contribution is 0.289. The Labute approximate surface area is 122 Å². The Morgan fingerprint density at radius 1 is 1.24 bits per heavy atom. The quantitative estimate of drug-likeness (QED) is 0.848. The van der Waals surface area contributed by atoms with Gasteiger partial charge >= 0.3 is 0 Å². The first kappa shape index (κ1) is 15.1. The summed E-state index contributed by atoms with van der Waals surface area (Å²) in [5.41, 5.74) is 1.28. The predicted molar refractivity (Wildman–Crippen MR) is 75.3 cm³/mol. The van der Waals surface area contributed by atoms with Crippen molar-refractivity contribution in [1.29, 1.82) is 5.26 Å². The van der Waals surface area contributed by atoms with Gasteiger partial charge in [0.2, 0.25) is 0 Å². The van der Waals surface area contributed by atoms with Crippen molar-refractivity contribution >= 4 is 0 Å². The molecule has 3 nitrogen and oxygen atoms in total. The minimum absolute atomic E-state index is 0.191. The second kappa shape index (κ2) is 6.91. The Bertz CT molecular complexity index is 638. The molecule has 0 aliphatic rings. The number of benzene rings is 1. The van der Waals surface area contributed by atoms with Crippen LogP contribution in [-0.4, -0.2) is 23.5 Å². The van der Waals surface area contributed by atoms with Crippen molar-refractivity contribution in [3.05, 3.63) is 65.5 Å². The molecule has 0 fully saturated rings. The van der Waals surface area contributed by atoms with Crippen molar-refractivity contribution in [1.82, 2.24) is 9.88 Å². The van der Waals surface area contributed by atoms with E-state index in [1.807, 2.05) is 12.1 Å². The third-order valence-corrected chi connectivity index (χ3v) is 3.32. The summed E-state index contributed by atoms with van der Waals surface area (Å²) in [6.45, 7) is 0.582. The van der Waals surface area contributed by atoms with Gasteiger partial charge in [-0.1, -0.05) is 6.07 Å². The van der Waals surface area contributed by atoms with Gasteiger partial charge in [-0.05, 0) is 37.2 Å². The van der Waals surface area contributed by atoms with Crippen LogP contribution in [0.15, 0.2) is 42.7 Å². The zero-order chi connectivity index (χ0) is 15.2. The van der Waals surface area contributed by atoms with E-state index in [9.17, 15) is 14.0 Å². The minimum atomic E-state index is -0.743. The largest absolute Gasteiger partial charge is 0.287 e. The maximum atomic E-state index is 13.8. The van der Waals surface area contributed by atoms with Crippen LogP contribution in [0, 0.1) is 23.0 Å². The number of rotatable bonds is 5. The Kier molecular flexibility index (Phi) is 4.96. The fraction of sp³-hybridized carbons (Fsp3) is 0.250. The van der Waals surface area contributed by atoms with E-state index in [-0.39, 0.29) is 5.56 Å². The van der Waals surface area contributed by atoms with E-state index in [2.05, 4.69) is 11.1 Å². The molecule has 0 amide bonds. The monoisotopic (exact) mass is 287 g/mol. The number of nitriles is 1. The standard InChI is InChI=1S/C16H15F2N3/c1-21(9-6-12-4-7-20-8-5-12)16(11-19)14-3-2-13(17)10-15(14)18/h2-5,7-8,10,16H,6,9H2,1H3. The molecule has 1 unspecified atom stereocenters. The molecule has 0 aliphatic heterocycles. The second-order valence-electron chi connectivity index (χ2n) is 4.78. The summed E-state index contributed by atoms with van der Waals surface area (Å²) in [4.78, 5) is 5.69. The molecule has 0 saturated carbocycles. The number of aromatic nitrogens is 1. The first-order valence-corrected chi connectivity index (χ1v) is 6.55. The zero-order valence-electron chi connectivity index (χ0n) is 11.6. The predicted octanol–water partition coefficient (Wildman–Crippen LogP) is 3.10. The third-order valence-electron chi connectivity index (χ3n) is 3.32. The van der Waals surface area contributed by atoms with Gasteiger partial charge in [-0.2, -0.15) is 5.26 Å². The highest BCUT2D eigenvalue weighted by Gasteiger charge is 2.20. The summed E-state index contributed by atoms with van der Waals surface area (Å²) in [6, 6.07) is 8.40. The molecule has 5 heteroatoms. The fourth-order valence-corrected chi connectivity index (χ4v) is 2.11. The van der Waals surface area contributed by atoms with Crippen LogP contribution in [0.25, 0.3) is 0 Å². The normalized spacial score (nSPS) is 12.1. The van der Waals surface area contributed by atoms with Crippen LogP contribution in [0.3, 0.4) is 0 Å². The van der Waals surface area contributed by atoms with Crippen molar-refractivity contribution in [3.63, 3.8) is 0 Å². The van der Waals surface area contributed by atoms with Gasteiger partial charge < -0.3 is 0 Å². The summed E-state index contributed by atoms with van der Waals surface area (Å²) in [5, 5.41) is 9.28. The van der Waals surface area contributed by atoms with Gasteiger partial charge in [0.15, 0.2) is 0 Å². The van der Waals surface area contributed by atoms with E-state index >= 15 is 0 Å². The van der Waals surface area contributed by atoms with E-state index in [1.165, 1.54) is 12.1 Å². The number of likely N-dealkylation sites (N-methyl/N-ethyl adjacent to an activating group) is 1. The summed E-state index contributed by atoms with van der Waals surface area (Å²) in [5.74, 6) is -1.34. The molecule has 0 bridgehead atoms. The second-order valence-corrected chi connectivity index (χ2v) is 4.78. The SMILES string of the molecule is CN(CCc1ccncc1)C(C#N)c1ccc(F)cc1F. The van der Waals surface area contributed by atoms with Crippen molar-refractivity contribution in [3.8, 4) is 6.07 Å². The van der Waals surface area contributed by atoms with Crippen LogP contribution in [0.5, 0.6) is 0 Å². The van der Waals surface area contributed by atoms with Crippen LogP contribution >= 0.6 is 0 Å². The van der Waals surface area contributed by atoms with E-state index in [4.69, 9.17) is 0 Å². The van der Waals surface area contributed by atoms with Gasteiger partial charge in [-0.3, -0.25) is 9.88 Å². The van der Waals surface area contributed by atoms with E-state index in [1.54, 1.807) is 24.3 Å². The number of pyridine rings is 1. The highest BCUT2D eigenvalue weighted by molar-refractivity contribution is 5.26. The molecule has 1 aromatic carbocycles. The lowest BCUT2D eigenvalue weighted by Crippen LogP contribution is -2.26. The van der Waals surface area contributed by atoms with Gasteiger partial charge in [-0.15, -0.1) is 0 Å². The summed E-state index contributed by atoms with van der Waals surface area (Å²) < 4.78 is 26.7. The highest BCUT2D eigenvalue weighted by atomic mass is 19.1. The third kappa shape index (κ3) is 3.83. The van der Waals surface area contributed by atoms with Crippen molar-refractivity contribution in [2.24, 2.45) is 0 Å². The molecule has 2 rings (SSSR count). The average Bonchev–Trinajstić information content (AvgIpc) is 2.49. The number of hydrogen-bond acceptors (Lipinski definition) is 3. The molecule has 108 valence electrons. The van der Waals surface area contributed by atoms with Crippen LogP contribution < -0.4 is 0 Å². The molecule has 0 N–H and O–H groups in total. The topological polar surface area (TPSA) is 39.9 Å². The van der Waals surface area contributed by atoms with Crippen LogP contribution in [0.2, 0.25) is 0 Å². The number of nitrogens with zero attached hydrogens (tertiary/aromatic N) is 3. The average molecular weight is 287 g/mol. The van der Waals surface area contributed by atoms with Crippen molar-refractivity contribution in [2.75, 3.05) is 13.6 Å². The number of hydrogen-bond donors (Lipinski definition) is 0. The molecular formula is C16H15F2N3. The van der Waals surface area contributed by atoms with Crippen molar-refractivity contribution in [2.45, 2.75) is 12.5 Å². The lowest BCUT2D eigenvalue weighted by atomic mass is 10.1. The number of halogens is 2. The fourth-order valence-electron chi connectivity index (χ4n) is 2.11. The zero-order valence-corrected chi connectivity index (χ0v) is 11.6. The smallest absolute Gasteiger partial charge is 0.131 e. The summed E-state index contributed by atoms with van der Waals surface area (Å²) in [7, 11) is 1.75. The molecule has 0 aliphatic carbocycles. The molecule has 0 saturated heterocycles. The van der Waals surface area contributed by atoms with Crippen LogP contribution in [0.4, 0.5) is 8.78 Å². The molecular weight excluding hydrogens is 272 g/mol. The first-order chi connectivity index (χ1) is 10.1. The van der Waals surface area contributed by atoms with Gasteiger partial charge in [0.1, 0.15) is 17.7 Å². The Morgan fingerprint density at radius 3 is 2.57 bits per heavy atom. The maximum absolute atomic E-state index is 13.8. The van der Waals surface area contributed by atoms with Gasteiger partial charge in [0, 0.05) is 30.6 Å². The van der Waals surface area contributed by atoms with E-state index in [0.29, 0.717) is 6.54 Å². The van der Waals surface area contributed by atoms with E-state index in [0.717, 1.165) is 18.1 Å². The van der Waals surface area contributed by atoms with Crippen LogP contribution in [-0.2, 0) is 6.42 Å².